The van der Waals surface area contributed by atoms with Gasteiger partial charge in [-0.1, -0.05) is 12.2 Å². The second-order valence-electron chi connectivity index (χ2n) is 3.66. The van der Waals surface area contributed by atoms with E-state index in [1.807, 2.05) is 6.08 Å². The lowest BCUT2D eigenvalue weighted by atomic mass is 9.89. The molecule has 14 heavy (non-hydrogen) atoms. The summed E-state index contributed by atoms with van der Waals surface area (Å²) in [6.07, 6.45) is 5.57. The summed E-state index contributed by atoms with van der Waals surface area (Å²) < 4.78 is 4.54. The molecule has 3 N–H and O–H groups in total. The minimum atomic E-state index is -0.551. The predicted molar refractivity (Wildman–Crippen MR) is 52.5 cm³/mol. The van der Waals surface area contributed by atoms with Crippen LogP contribution in [0.25, 0.3) is 0 Å². The molecule has 1 rings (SSSR count). The molecular formula is C10H17NO3. The molecule has 0 aromatic carbocycles. The summed E-state index contributed by atoms with van der Waals surface area (Å²) in [6, 6.07) is -0.551. The van der Waals surface area contributed by atoms with Crippen LogP contribution in [-0.4, -0.2) is 30.3 Å². The summed E-state index contributed by atoms with van der Waals surface area (Å²) in [5.41, 5.74) is 5.62. The average Bonchev–Trinajstić information content (AvgIpc) is 2.20. The van der Waals surface area contributed by atoms with Crippen LogP contribution in [0, 0.1) is 5.92 Å². The predicted octanol–water partition coefficient (Wildman–Crippen LogP) is 0.204. The van der Waals surface area contributed by atoms with Crippen LogP contribution in [0.2, 0.25) is 0 Å². The highest BCUT2D eigenvalue weighted by molar-refractivity contribution is 5.75. The molecule has 1 unspecified atom stereocenters. The summed E-state index contributed by atoms with van der Waals surface area (Å²) >= 11 is 0. The summed E-state index contributed by atoms with van der Waals surface area (Å²) in [5.74, 6) is -0.0861. The molecule has 0 amide bonds. The van der Waals surface area contributed by atoms with Gasteiger partial charge in [0.2, 0.25) is 0 Å². The Balaban J connectivity index is 2.38. The molecule has 4 heteroatoms. The highest BCUT2D eigenvalue weighted by atomic mass is 16.5. The first-order chi connectivity index (χ1) is 6.63. The Bertz CT molecular complexity index is 227. The number of aliphatic hydroxyl groups is 1. The zero-order valence-corrected chi connectivity index (χ0v) is 8.35. The largest absolute Gasteiger partial charge is 0.468 e. The molecule has 0 aromatic rings. The van der Waals surface area contributed by atoms with E-state index in [2.05, 4.69) is 4.74 Å². The van der Waals surface area contributed by atoms with Crippen molar-refractivity contribution in [2.75, 3.05) is 7.11 Å². The van der Waals surface area contributed by atoms with E-state index < -0.39 is 6.04 Å². The number of carbonyl (C=O) groups is 1. The molecule has 0 saturated heterocycles. The fourth-order valence-electron chi connectivity index (χ4n) is 1.63. The quantitative estimate of drug-likeness (QED) is 0.503. The van der Waals surface area contributed by atoms with Crippen molar-refractivity contribution in [3.8, 4) is 0 Å². The second-order valence-corrected chi connectivity index (χ2v) is 3.66. The zero-order valence-electron chi connectivity index (χ0n) is 8.35. The van der Waals surface area contributed by atoms with Crippen molar-refractivity contribution in [3.05, 3.63) is 12.2 Å². The molecule has 80 valence electrons. The molecule has 0 heterocycles. The minimum Gasteiger partial charge on any atom is -0.468 e. The number of methoxy groups -OCH3 is 1. The monoisotopic (exact) mass is 199 g/mol. The summed E-state index contributed by atoms with van der Waals surface area (Å²) in [4.78, 5) is 11.0. The number of aliphatic hydroxyl groups excluding tert-OH is 1. The molecule has 0 saturated carbocycles. The van der Waals surface area contributed by atoms with Gasteiger partial charge in [0.05, 0.1) is 13.2 Å². The average molecular weight is 199 g/mol. The Labute approximate surface area is 83.7 Å². The van der Waals surface area contributed by atoms with E-state index in [9.17, 15) is 9.90 Å². The third kappa shape index (κ3) is 3.12. The Morgan fingerprint density at radius 1 is 1.64 bits per heavy atom. The number of esters is 1. The molecule has 0 spiro atoms. The van der Waals surface area contributed by atoms with Crippen molar-refractivity contribution in [1.82, 2.24) is 0 Å². The van der Waals surface area contributed by atoms with Crippen LogP contribution in [0.4, 0.5) is 0 Å². The fourth-order valence-corrected chi connectivity index (χ4v) is 1.63. The van der Waals surface area contributed by atoms with Gasteiger partial charge in [-0.2, -0.15) is 0 Å². The van der Waals surface area contributed by atoms with Crippen molar-refractivity contribution >= 4 is 5.97 Å². The highest BCUT2D eigenvalue weighted by Gasteiger charge is 2.20. The van der Waals surface area contributed by atoms with Gasteiger partial charge in [0.15, 0.2) is 0 Å². The summed E-state index contributed by atoms with van der Waals surface area (Å²) in [5, 5.41) is 9.21. The molecular weight excluding hydrogens is 182 g/mol. The summed E-state index contributed by atoms with van der Waals surface area (Å²) in [7, 11) is 1.34. The maximum absolute atomic E-state index is 11.0. The third-order valence-corrected chi connectivity index (χ3v) is 2.50. The van der Waals surface area contributed by atoms with E-state index in [1.165, 1.54) is 7.11 Å². The number of nitrogens with two attached hydrogens (primary N) is 1. The second kappa shape index (κ2) is 5.12. The van der Waals surface area contributed by atoms with Crippen LogP contribution in [0.5, 0.6) is 0 Å². The molecule has 0 fully saturated rings. The van der Waals surface area contributed by atoms with E-state index in [0.29, 0.717) is 6.42 Å². The van der Waals surface area contributed by atoms with Crippen LogP contribution in [0.15, 0.2) is 12.2 Å². The van der Waals surface area contributed by atoms with E-state index in [0.717, 1.165) is 12.8 Å². The fraction of sp³-hybridized carbons (Fsp3) is 0.700. The smallest absolute Gasteiger partial charge is 0.322 e. The molecule has 4 nitrogen and oxygen atoms in total. The zero-order chi connectivity index (χ0) is 10.6. The molecule has 3 atom stereocenters. The van der Waals surface area contributed by atoms with E-state index in [4.69, 9.17) is 5.73 Å². The van der Waals surface area contributed by atoms with E-state index in [1.54, 1.807) is 6.08 Å². The van der Waals surface area contributed by atoms with Gasteiger partial charge in [-0.15, -0.1) is 0 Å². The Kier molecular flexibility index (Phi) is 4.10. The van der Waals surface area contributed by atoms with Crippen molar-refractivity contribution in [2.45, 2.75) is 31.4 Å². The van der Waals surface area contributed by atoms with Crippen LogP contribution >= 0.6 is 0 Å². The number of hydrogen-bond donors (Lipinski definition) is 2. The van der Waals surface area contributed by atoms with E-state index in [-0.39, 0.29) is 18.0 Å². The molecule has 0 radical (unpaired) electrons. The normalized spacial score (nSPS) is 28.5. The topological polar surface area (TPSA) is 72.5 Å². The maximum Gasteiger partial charge on any atom is 0.322 e. The maximum atomic E-state index is 11.0. The number of hydrogen-bond acceptors (Lipinski definition) is 4. The van der Waals surface area contributed by atoms with Crippen molar-refractivity contribution in [3.63, 3.8) is 0 Å². The third-order valence-electron chi connectivity index (χ3n) is 2.50. The first kappa shape index (κ1) is 11.2. The molecule has 1 aliphatic rings. The summed E-state index contributed by atoms with van der Waals surface area (Å²) in [6.45, 7) is 0. The van der Waals surface area contributed by atoms with Crippen molar-refractivity contribution in [2.24, 2.45) is 11.7 Å². The van der Waals surface area contributed by atoms with Crippen molar-refractivity contribution in [1.29, 1.82) is 0 Å². The van der Waals surface area contributed by atoms with Crippen LogP contribution in [-0.2, 0) is 9.53 Å². The van der Waals surface area contributed by atoms with Crippen LogP contribution in [0.3, 0.4) is 0 Å². The molecule has 1 aliphatic carbocycles. The van der Waals surface area contributed by atoms with Gasteiger partial charge in [-0.3, -0.25) is 4.79 Å². The van der Waals surface area contributed by atoms with Gasteiger partial charge in [0.25, 0.3) is 0 Å². The number of allylic oxidation sites excluding steroid dienone is 1. The van der Waals surface area contributed by atoms with Gasteiger partial charge in [-0.25, -0.2) is 0 Å². The first-order valence-corrected chi connectivity index (χ1v) is 4.83. The molecule has 0 aromatic heterocycles. The molecule has 0 aliphatic heterocycles. The van der Waals surface area contributed by atoms with Gasteiger partial charge in [-0.05, 0) is 25.2 Å². The van der Waals surface area contributed by atoms with Gasteiger partial charge in [0.1, 0.15) is 6.04 Å². The standard InChI is InChI=1S/C10H17NO3/c1-14-10(13)9(11)6-7-2-4-8(12)5-3-7/h2,4,7-9,12H,3,5-6,11H2,1H3/t7-,8?,9+/m1/s1. The SMILES string of the molecule is COC(=O)[C@@H](N)C[C@@H]1C=CC(O)CC1. The van der Waals surface area contributed by atoms with Crippen LogP contribution < -0.4 is 5.73 Å². The lowest BCUT2D eigenvalue weighted by molar-refractivity contribution is -0.142. The lowest BCUT2D eigenvalue weighted by Crippen LogP contribution is -2.34. The minimum absolute atomic E-state index is 0.285. The highest BCUT2D eigenvalue weighted by Crippen LogP contribution is 2.21. The Morgan fingerprint density at radius 2 is 2.36 bits per heavy atom. The van der Waals surface area contributed by atoms with Crippen LogP contribution in [0.1, 0.15) is 19.3 Å². The lowest BCUT2D eigenvalue weighted by Gasteiger charge is -2.21. The van der Waals surface area contributed by atoms with Gasteiger partial charge in [0, 0.05) is 0 Å². The Hall–Kier alpha value is -0.870. The van der Waals surface area contributed by atoms with Gasteiger partial charge >= 0.3 is 5.97 Å². The number of ether oxygens (including phenoxy) is 1. The Morgan fingerprint density at radius 3 is 2.86 bits per heavy atom. The van der Waals surface area contributed by atoms with Gasteiger partial charge < -0.3 is 15.6 Å². The first-order valence-electron chi connectivity index (χ1n) is 4.83. The van der Waals surface area contributed by atoms with E-state index >= 15 is 0 Å². The van der Waals surface area contributed by atoms with Crippen molar-refractivity contribution < 1.29 is 14.6 Å². The number of carbonyl (C=O) groups excluding carboxylic acids is 1. The molecule has 0 bridgehead atoms. The number of rotatable bonds is 3.